The number of carbonyl (C=O) groups is 1. The summed E-state index contributed by atoms with van der Waals surface area (Å²) in [5.74, 6) is -0.103. The van der Waals surface area contributed by atoms with Gasteiger partial charge in [-0.05, 0) is 43.5 Å². The van der Waals surface area contributed by atoms with Gasteiger partial charge in [0, 0.05) is 5.56 Å². The van der Waals surface area contributed by atoms with Gasteiger partial charge in [0.1, 0.15) is 0 Å². The quantitative estimate of drug-likeness (QED) is 0.579. The van der Waals surface area contributed by atoms with Crippen molar-refractivity contribution < 1.29 is 6.17 Å². The van der Waals surface area contributed by atoms with Crippen LogP contribution in [0.15, 0.2) is 48.5 Å². The molecule has 0 atom stereocenters. The van der Waals surface area contributed by atoms with E-state index in [0.717, 1.165) is 22.3 Å². The van der Waals surface area contributed by atoms with Gasteiger partial charge in [0.25, 0.3) is 0 Å². The first-order chi connectivity index (χ1) is 9.49. The molecule has 0 saturated heterocycles. The van der Waals surface area contributed by atoms with Gasteiger partial charge < -0.3 is 0 Å². The fourth-order valence-electron chi connectivity index (χ4n) is 2.32. The van der Waals surface area contributed by atoms with Crippen LogP contribution in [0.5, 0.6) is 0 Å². The van der Waals surface area contributed by atoms with E-state index in [2.05, 4.69) is 0 Å². The number of benzene rings is 2. The maximum atomic E-state index is 12.4. The Morgan fingerprint density at radius 2 is 1.63 bits per heavy atom. The third-order valence-electron chi connectivity index (χ3n) is 3.07. The smallest absolute Gasteiger partial charge is 0.186 e. The maximum absolute atomic E-state index is 12.4. The Morgan fingerprint density at radius 1 is 1.05 bits per heavy atom. The number of allylic oxidation sites excluding steroid dienone is 1. The molecule has 1 nitrogen and oxygen atoms in total. The molecule has 2 aromatic carbocycles. The molecule has 0 aromatic heterocycles. The highest BCUT2D eigenvalue weighted by molar-refractivity contribution is 6.08. The second-order valence-electron chi connectivity index (χ2n) is 4.79. The van der Waals surface area contributed by atoms with Crippen molar-refractivity contribution in [2.24, 2.45) is 0 Å². The molecule has 0 aliphatic carbocycles. The highest BCUT2D eigenvalue weighted by Gasteiger charge is 2.09. The molecule has 0 N–H and O–H groups in total. The number of rotatable bonds is 3. The van der Waals surface area contributed by atoms with Crippen molar-refractivity contribution in [2.45, 2.75) is 20.8 Å². The zero-order valence-corrected chi connectivity index (χ0v) is 11.5. The normalized spacial score (nSPS) is 12.2. The van der Waals surface area contributed by atoms with E-state index < -0.39 is 0 Å². The van der Waals surface area contributed by atoms with Crippen molar-refractivity contribution in [2.75, 3.05) is 0 Å². The Morgan fingerprint density at radius 3 is 2.21 bits per heavy atom. The molecule has 0 spiro atoms. The molecule has 0 aliphatic heterocycles. The first kappa shape index (κ1) is 11.9. The summed E-state index contributed by atoms with van der Waals surface area (Å²) in [6.45, 7) is 5.89. The van der Waals surface area contributed by atoms with E-state index in [-0.39, 0.29) is 11.8 Å². The number of carbonyl (C=O) groups excluding carboxylic acids is 1. The van der Waals surface area contributed by atoms with Crippen LogP contribution in [0.25, 0.3) is 6.05 Å². The van der Waals surface area contributed by atoms with Gasteiger partial charge in [-0.3, -0.25) is 4.79 Å². The summed E-state index contributed by atoms with van der Waals surface area (Å²) in [6, 6.07) is 13.5. The number of hydrogen-bond acceptors (Lipinski definition) is 1. The van der Waals surface area contributed by atoms with Gasteiger partial charge in [-0.25, -0.2) is 0 Å². The summed E-state index contributed by atoms with van der Waals surface area (Å²) in [4.78, 5) is 12.4. The standard InChI is InChI=1S/C18H18O/c1-13-11-14(2)18(15(3)12-13)17(19)10-9-16-7-5-4-6-8-16/h4-12H,1-3H3/b10-9+/i9D. The van der Waals surface area contributed by atoms with Gasteiger partial charge in [0.2, 0.25) is 0 Å². The van der Waals surface area contributed by atoms with Crippen molar-refractivity contribution in [3.05, 3.63) is 76.4 Å². The van der Waals surface area contributed by atoms with E-state index in [1.54, 1.807) is 0 Å². The predicted molar refractivity (Wildman–Crippen MR) is 80.5 cm³/mol. The monoisotopic (exact) mass is 251 g/mol. The van der Waals surface area contributed by atoms with E-state index in [1.165, 1.54) is 6.08 Å². The maximum Gasteiger partial charge on any atom is 0.186 e. The van der Waals surface area contributed by atoms with E-state index in [4.69, 9.17) is 1.37 Å². The summed E-state index contributed by atoms with van der Waals surface area (Å²) < 4.78 is 8.02. The van der Waals surface area contributed by atoms with E-state index in [9.17, 15) is 4.79 Å². The molecule has 96 valence electrons. The lowest BCUT2D eigenvalue weighted by atomic mass is 9.96. The fraction of sp³-hybridized carbons (Fsp3) is 0.167. The Labute approximate surface area is 116 Å². The van der Waals surface area contributed by atoms with Crippen LogP contribution in [0.2, 0.25) is 0 Å². The highest BCUT2D eigenvalue weighted by atomic mass is 16.1. The van der Waals surface area contributed by atoms with E-state index in [1.807, 2.05) is 63.2 Å². The average Bonchev–Trinajstić information content (AvgIpc) is 2.38. The van der Waals surface area contributed by atoms with Gasteiger partial charge in [-0.1, -0.05) is 54.1 Å². The lowest BCUT2D eigenvalue weighted by Crippen LogP contribution is -2.02. The Kier molecular flexibility index (Phi) is 3.55. The molecule has 0 radical (unpaired) electrons. The topological polar surface area (TPSA) is 17.1 Å². The second kappa shape index (κ2) is 5.66. The van der Waals surface area contributed by atoms with Gasteiger partial charge in [0.05, 0.1) is 1.37 Å². The summed E-state index contributed by atoms with van der Waals surface area (Å²) in [5, 5.41) is 0. The minimum atomic E-state index is -0.103. The van der Waals surface area contributed by atoms with Crippen LogP contribution in [-0.4, -0.2) is 5.78 Å². The molecule has 2 rings (SSSR count). The molecular formula is C18H18O. The van der Waals surface area contributed by atoms with Gasteiger partial charge in [-0.2, -0.15) is 0 Å². The predicted octanol–water partition coefficient (Wildman–Crippen LogP) is 4.51. The van der Waals surface area contributed by atoms with Crippen LogP contribution in [0.4, 0.5) is 0 Å². The summed E-state index contributed by atoms with van der Waals surface area (Å²) in [6.07, 6.45) is 1.40. The van der Waals surface area contributed by atoms with Crippen LogP contribution >= 0.6 is 0 Å². The molecule has 0 saturated carbocycles. The van der Waals surface area contributed by atoms with Crippen LogP contribution in [0, 0.1) is 20.8 Å². The summed E-state index contributed by atoms with van der Waals surface area (Å²) in [5.41, 5.74) is 4.53. The first-order valence-electron chi connectivity index (χ1n) is 6.85. The molecule has 0 unspecified atom stereocenters. The van der Waals surface area contributed by atoms with Crippen LogP contribution < -0.4 is 0 Å². The lowest BCUT2D eigenvalue weighted by Gasteiger charge is -2.08. The zero-order valence-electron chi connectivity index (χ0n) is 12.5. The van der Waals surface area contributed by atoms with Crippen LogP contribution in [0.3, 0.4) is 0 Å². The number of ketones is 1. The Bertz CT molecular complexity index is 646. The zero-order chi connectivity index (χ0) is 14.7. The molecule has 0 fully saturated rings. The van der Waals surface area contributed by atoms with Crippen molar-refractivity contribution in [3.63, 3.8) is 0 Å². The minimum Gasteiger partial charge on any atom is -0.289 e. The Balaban J connectivity index is 2.38. The fourth-order valence-corrected chi connectivity index (χ4v) is 2.32. The molecule has 0 bridgehead atoms. The molecule has 0 aliphatic rings. The lowest BCUT2D eigenvalue weighted by molar-refractivity contribution is 0.104. The molecular weight excluding hydrogens is 232 g/mol. The van der Waals surface area contributed by atoms with Crippen LogP contribution in [-0.2, 0) is 0 Å². The minimum absolute atomic E-state index is 0.103. The highest BCUT2D eigenvalue weighted by Crippen LogP contribution is 2.17. The molecule has 2 aromatic rings. The van der Waals surface area contributed by atoms with Gasteiger partial charge in [-0.15, -0.1) is 0 Å². The van der Waals surface area contributed by atoms with Gasteiger partial charge in [0.15, 0.2) is 5.78 Å². The molecule has 0 amide bonds. The van der Waals surface area contributed by atoms with E-state index >= 15 is 0 Å². The molecule has 1 heteroatoms. The first-order valence-corrected chi connectivity index (χ1v) is 6.35. The van der Waals surface area contributed by atoms with E-state index in [0.29, 0.717) is 5.56 Å². The van der Waals surface area contributed by atoms with Crippen molar-refractivity contribution in [1.29, 1.82) is 0 Å². The number of aryl methyl sites for hydroxylation is 3. The largest absolute Gasteiger partial charge is 0.289 e. The molecule has 19 heavy (non-hydrogen) atoms. The van der Waals surface area contributed by atoms with Crippen LogP contribution in [0.1, 0.15) is 34.0 Å². The Hall–Kier alpha value is -2.15. The SMILES string of the molecule is [2H]/C(=C\C(=O)c1c(C)cc(C)cc1C)c1ccccc1. The second-order valence-corrected chi connectivity index (χ2v) is 4.79. The third-order valence-corrected chi connectivity index (χ3v) is 3.07. The van der Waals surface area contributed by atoms with Crippen molar-refractivity contribution >= 4 is 11.8 Å². The average molecular weight is 251 g/mol. The third kappa shape index (κ3) is 3.19. The van der Waals surface area contributed by atoms with Crippen molar-refractivity contribution in [1.82, 2.24) is 0 Å². The number of hydrogen-bond donors (Lipinski definition) is 0. The summed E-state index contributed by atoms with van der Waals surface area (Å²) >= 11 is 0. The summed E-state index contributed by atoms with van der Waals surface area (Å²) in [7, 11) is 0. The van der Waals surface area contributed by atoms with Gasteiger partial charge >= 0.3 is 0 Å². The van der Waals surface area contributed by atoms with Crippen molar-refractivity contribution in [3.8, 4) is 0 Å². The molecule has 0 heterocycles.